The van der Waals surface area contributed by atoms with Crippen molar-refractivity contribution in [1.29, 1.82) is 0 Å². The third kappa shape index (κ3) is 4.02. The van der Waals surface area contributed by atoms with Crippen molar-refractivity contribution in [3.05, 3.63) is 75.2 Å². The highest BCUT2D eigenvalue weighted by Crippen LogP contribution is 2.40. The van der Waals surface area contributed by atoms with Crippen LogP contribution in [-0.4, -0.2) is 41.9 Å². The Morgan fingerprint density at radius 3 is 2.47 bits per heavy atom. The number of nitrogens with one attached hydrogen (secondary N) is 2. The lowest BCUT2D eigenvalue weighted by Gasteiger charge is -2.28. The minimum absolute atomic E-state index is 0.301. The molecule has 0 saturated heterocycles. The lowest BCUT2D eigenvalue weighted by molar-refractivity contribution is -0.136. The number of H-pyrrole nitrogens is 1. The lowest BCUT2D eigenvalue weighted by Crippen LogP contribution is -2.31. The summed E-state index contributed by atoms with van der Waals surface area (Å²) >= 11 is 1.34. The van der Waals surface area contributed by atoms with Gasteiger partial charge in [0.25, 0.3) is 5.56 Å². The summed E-state index contributed by atoms with van der Waals surface area (Å²) in [6, 6.07) is 6.54. The number of hydrogen-bond acceptors (Lipinski definition) is 8. The molecule has 0 unspecified atom stereocenters. The molecule has 9 heteroatoms. The van der Waals surface area contributed by atoms with Gasteiger partial charge < -0.3 is 19.8 Å². The van der Waals surface area contributed by atoms with Crippen LogP contribution in [0.1, 0.15) is 34.3 Å². The van der Waals surface area contributed by atoms with Crippen LogP contribution in [-0.2, 0) is 14.3 Å². The molecular formula is C21H21N3O5S. The smallest absolute Gasteiger partial charge is 0.337 e. The minimum Gasteiger partial charge on any atom is -0.466 e. The molecule has 2 heterocycles. The van der Waals surface area contributed by atoms with Gasteiger partial charge in [-0.25, -0.2) is 14.6 Å². The van der Waals surface area contributed by atoms with Gasteiger partial charge in [0.05, 0.1) is 36.8 Å². The monoisotopic (exact) mass is 427 g/mol. The maximum absolute atomic E-state index is 13.0. The summed E-state index contributed by atoms with van der Waals surface area (Å²) in [4.78, 5) is 44.6. The third-order valence-electron chi connectivity index (χ3n) is 4.63. The number of carbonyl (C=O) groups is 2. The molecule has 0 amide bonds. The van der Waals surface area contributed by atoms with E-state index < -0.39 is 17.9 Å². The fraction of sp³-hybridized carbons (Fsp3) is 0.238. The zero-order valence-electron chi connectivity index (χ0n) is 16.8. The predicted octanol–water partition coefficient (Wildman–Crippen LogP) is 2.84. The fourth-order valence-electron chi connectivity index (χ4n) is 3.28. The van der Waals surface area contributed by atoms with Gasteiger partial charge in [0.15, 0.2) is 5.16 Å². The first-order valence-corrected chi connectivity index (χ1v) is 10.0. The molecule has 0 bridgehead atoms. The minimum atomic E-state index is -0.713. The van der Waals surface area contributed by atoms with Crippen molar-refractivity contribution in [2.75, 3.05) is 25.3 Å². The van der Waals surface area contributed by atoms with Crippen molar-refractivity contribution in [3.8, 4) is 0 Å². The number of ether oxygens (including phenoxy) is 2. The topological polar surface area (TPSA) is 110 Å². The molecule has 156 valence electrons. The van der Waals surface area contributed by atoms with Crippen molar-refractivity contribution in [1.82, 2.24) is 9.97 Å². The number of nitrogens with zero attached hydrogens (tertiary/aromatic N) is 1. The molecule has 0 fully saturated rings. The zero-order chi connectivity index (χ0) is 21.8. The number of hydrogen-bond donors (Lipinski definition) is 2. The number of benzene rings is 1. The molecule has 0 spiro atoms. The molecule has 2 aromatic rings. The summed E-state index contributed by atoms with van der Waals surface area (Å²) in [5, 5.41) is 3.50. The van der Waals surface area contributed by atoms with Crippen molar-refractivity contribution in [2.24, 2.45) is 0 Å². The van der Waals surface area contributed by atoms with E-state index in [1.165, 1.54) is 26.0 Å². The Labute approximate surface area is 177 Å². The summed E-state index contributed by atoms with van der Waals surface area (Å²) in [5.41, 5.74) is 1.77. The average Bonchev–Trinajstić information content (AvgIpc) is 2.75. The molecule has 1 atom stereocenters. The Balaban J connectivity index is 2.17. The van der Waals surface area contributed by atoms with Crippen LogP contribution in [0.25, 0.3) is 0 Å². The average molecular weight is 427 g/mol. The number of methoxy groups -OCH3 is 2. The van der Waals surface area contributed by atoms with E-state index in [1.807, 2.05) is 0 Å². The van der Waals surface area contributed by atoms with E-state index in [-0.39, 0.29) is 5.56 Å². The van der Waals surface area contributed by atoms with E-state index in [0.29, 0.717) is 44.7 Å². The number of allylic oxidation sites excluding steroid dienone is 1. The summed E-state index contributed by atoms with van der Waals surface area (Å²) in [6.45, 7) is 5.39. The zero-order valence-corrected chi connectivity index (χ0v) is 17.6. The maximum atomic E-state index is 13.0. The van der Waals surface area contributed by atoms with Gasteiger partial charge in [0.2, 0.25) is 0 Å². The number of rotatable bonds is 6. The van der Waals surface area contributed by atoms with Gasteiger partial charge in [-0.1, -0.05) is 30.0 Å². The Hall–Kier alpha value is -3.33. The number of anilines is 1. The van der Waals surface area contributed by atoms with Crippen molar-refractivity contribution < 1.29 is 19.1 Å². The molecular weight excluding hydrogens is 406 g/mol. The second kappa shape index (κ2) is 9.00. The van der Waals surface area contributed by atoms with Crippen LogP contribution >= 0.6 is 11.8 Å². The number of thioether (sulfide) groups is 1. The van der Waals surface area contributed by atoms with Crippen molar-refractivity contribution >= 4 is 29.5 Å². The predicted molar refractivity (Wildman–Crippen MR) is 114 cm³/mol. The van der Waals surface area contributed by atoms with Gasteiger partial charge in [0.1, 0.15) is 5.82 Å². The SMILES string of the molecule is C=CCSc1nc2c(c(=O)[nH]1)[C@@H](c1ccc(C(=O)OC)cc1)C(C(=O)OC)=C(C)N2. The summed E-state index contributed by atoms with van der Waals surface area (Å²) in [7, 11) is 2.58. The van der Waals surface area contributed by atoms with E-state index in [0.717, 1.165) is 0 Å². The number of fused-ring (bicyclic) bond motifs is 1. The number of aromatic amines is 1. The van der Waals surface area contributed by atoms with Crippen LogP contribution in [0.15, 0.2) is 58.1 Å². The molecule has 1 aliphatic heterocycles. The number of esters is 2. The van der Waals surface area contributed by atoms with Gasteiger partial charge in [-0.05, 0) is 24.6 Å². The summed E-state index contributed by atoms with van der Waals surface area (Å²) in [6.07, 6.45) is 1.71. The van der Waals surface area contributed by atoms with Gasteiger partial charge in [-0.2, -0.15) is 0 Å². The summed E-state index contributed by atoms with van der Waals surface area (Å²) < 4.78 is 9.69. The first-order chi connectivity index (χ1) is 14.4. The van der Waals surface area contributed by atoms with Gasteiger partial charge in [-0.15, -0.1) is 6.58 Å². The Bertz CT molecular complexity index is 1090. The van der Waals surface area contributed by atoms with E-state index in [1.54, 1.807) is 37.3 Å². The van der Waals surface area contributed by atoms with Crippen LogP contribution in [0.5, 0.6) is 0 Å². The second-order valence-corrected chi connectivity index (χ2v) is 7.44. The van der Waals surface area contributed by atoms with Gasteiger partial charge >= 0.3 is 11.9 Å². The number of aromatic nitrogens is 2. The first-order valence-electron chi connectivity index (χ1n) is 9.03. The summed E-state index contributed by atoms with van der Waals surface area (Å²) in [5.74, 6) is -0.789. The normalized spacial score (nSPS) is 15.1. The molecule has 2 N–H and O–H groups in total. The molecule has 8 nitrogen and oxygen atoms in total. The van der Waals surface area contributed by atoms with Crippen molar-refractivity contribution in [2.45, 2.75) is 18.0 Å². The quantitative estimate of drug-likeness (QED) is 0.313. The molecule has 0 aliphatic carbocycles. The highest BCUT2D eigenvalue weighted by Gasteiger charge is 2.36. The Kier molecular flexibility index (Phi) is 6.41. The van der Waals surface area contributed by atoms with E-state index in [4.69, 9.17) is 9.47 Å². The molecule has 1 aliphatic rings. The largest absolute Gasteiger partial charge is 0.466 e. The molecule has 0 radical (unpaired) electrons. The second-order valence-electron chi connectivity index (χ2n) is 6.43. The molecule has 0 saturated carbocycles. The fourth-order valence-corrected chi connectivity index (χ4v) is 3.88. The van der Waals surface area contributed by atoms with Crippen LogP contribution in [0.3, 0.4) is 0 Å². The first kappa shape index (κ1) is 21.4. The van der Waals surface area contributed by atoms with Crippen molar-refractivity contribution in [3.63, 3.8) is 0 Å². The highest BCUT2D eigenvalue weighted by atomic mass is 32.2. The Morgan fingerprint density at radius 1 is 1.20 bits per heavy atom. The highest BCUT2D eigenvalue weighted by molar-refractivity contribution is 7.99. The van der Waals surface area contributed by atoms with Gasteiger partial charge in [0, 0.05) is 11.4 Å². The van der Waals surface area contributed by atoms with E-state index in [9.17, 15) is 14.4 Å². The molecule has 3 rings (SSSR count). The third-order valence-corrected chi connectivity index (χ3v) is 5.50. The standard InChI is InChI=1S/C21H21N3O5S/c1-5-10-30-21-23-17-16(18(25)24-21)15(14(11(2)22-17)20(27)29-4)12-6-8-13(9-7-12)19(26)28-3/h5-9,15H,1,10H2,2-4H3,(H2,22,23,24,25)/t15-/m0/s1. The lowest BCUT2D eigenvalue weighted by atomic mass is 9.82. The van der Waals surface area contributed by atoms with Crippen LogP contribution in [0.2, 0.25) is 0 Å². The van der Waals surface area contributed by atoms with Crippen LogP contribution in [0.4, 0.5) is 5.82 Å². The molecule has 30 heavy (non-hydrogen) atoms. The van der Waals surface area contributed by atoms with Gasteiger partial charge in [-0.3, -0.25) is 4.79 Å². The van der Waals surface area contributed by atoms with E-state index in [2.05, 4.69) is 21.9 Å². The Morgan fingerprint density at radius 2 is 1.87 bits per heavy atom. The van der Waals surface area contributed by atoms with Crippen LogP contribution < -0.4 is 10.9 Å². The molecule has 1 aromatic carbocycles. The van der Waals surface area contributed by atoms with Crippen LogP contribution in [0, 0.1) is 0 Å². The van der Waals surface area contributed by atoms with E-state index >= 15 is 0 Å². The maximum Gasteiger partial charge on any atom is 0.337 e. The molecule has 1 aromatic heterocycles. The number of carbonyl (C=O) groups excluding carboxylic acids is 2.